The summed E-state index contributed by atoms with van der Waals surface area (Å²) in [6.07, 6.45) is 2.38. The Labute approximate surface area is 142 Å². The molecule has 0 radical (unpaired) electrons. The number of carbonyl (C=O) groups is 3. The van der Waals surface area contributed by atoms with E-state index in [1.807, 2.05) is 0 Å². The summed E-state index contributed by atoms with van der Waals surface area (Å²) < 4.78 is 5.72. The van der Waals surface area contributed by atoms with E-state index in [1.165, 1.54) is 0 Å². The highest BCUT2D eigenvalue weighted by Crippen LogP contribution is 2.36. The number of ether oxygens (including phenoxy) is 1. The minimum absolute atomic E-state index is 0.168. The number of esters is 1. The van der Waals surface area contributed by atoms with Gasteiger partial charge in [-0.3, -0.25) is 9.59 Å². The summed E-state index contributed by atoms with van der Waals surface area (Å²) in [6, 6.07) is 0. The first-order valence-corrected chi connectivity index (χ1v) is 8.65. The molecule has 0 unspecified atom stereocenters. The first-order valence-electron chi connectivity index (χ1n) is 8.65. The third kappa shape index (κ3) is 3.97. The molecule has 2 N–H and O–H groups in total. The van der Waals surface area contributed by atoms with Crippen LogP contribution in [0.1, 0.15) is 53.4 Å². The molecule has 1 aliphatic carbocycles. The van der Waals surface area contributed by atoms with Crippen molar-refractivity contribution in [1.29, 1.82) is 0 Å². The molecule has 0 aromatic carbocycles. The molecular formula is C18H27NO5. The van der Waals surface area contributed by atoms with Gasteiger partial charge in [0.05, 0.1) is 17.9 Å². The normalized spacial score (nSPS) is 30.5. The van der Waals surface area contributed by atoms with Gasteiger partial charge in [0.25, 0.3) is 0 Å². The van der Waals surface area contributed by atoms with E-state index in [9.17, 15) is 14.4 Å². The zero-order valence-corrected chi connectivity index (χ0v) is 14.8. The molecule has 1 amide bonds. The van der Waals surface area contributed by atoms with E-state index in [1.54, 1.807) is 6.92 Å². The van der Waals surface area contributed by atoms with Gasteiger partial charge in [-0.1, -0.05) is 20.8 Å². The van der Waals surface area contributed by atoms with Crippen molar-refractivity contribution >= 4 is 17.8 Å². The maximum absolute atomic E-state index is 12.6. The summed E-state index contributed by atoms with van der Waals surface area (Å²) >= 11 is 0. The molecule has 1 saturated carbocycles. The minimum atomic E-state index is -1.11. The Morgan fingerprint density at radius 3 is 2.58 bits per heavy atom. The van der Waals surface area contributed by atoms with E-state index in [4.69, 9.17) is 9.84 Å². The third-order valence-corrected chi connectivity index (χ3v) is 5.34. The lowest BCUT2D eigenvalue weighted by Gasteiger charge is -2.35. The lowest BCUT2D eigenvalue weighted by molar-refractivity contribution is -0.151. The number of carboxylic acids is 1. The average molecular weight is 337 g/mol. The first kappa shape index (κ1) is 18.5. The molecule has 134 valence electrons. The van der Waals surface area contributed by atoms with Crippen LogP contribution in [-0.2, 0) is 19.1 Å². The molecule has 0 spiro atoms. The lowest BCUT2D eigenvalue weighted by atomic mass is 9.76. The monoisotopic (exact) mass is 337 g/mol. The molecular weight excluding hydrogens is 310 g/mol. The molecule has 1 heterocycles. The largest absolute Gasteiger partial charge is 0.481 e. The fourth-order valence-corrected chi connectivity index (χ4v) is 3.68. The second kappa shape index (κ2) is 7.36. The number of hydrogen-bond acceptors (Lipinski definition) is 4. The minimum Gasteiger partial charge on any atom is -0.481 e. The van der Waals surface area contributed by atoms with E-state index in [0.717, 1.165) is 19.3 Å². The van der Waals surface area contributed by atoms with Gasteiger partial charge in [0.1, 0.15) is 6.10 Å². The van der Waals surface area contributed by atoms with Crippen LogP contribution in [0.4, 0.5) is 0 Å². The second-order valence-corrected chi connectivity index (χ2v) is 7.42. The Kier molecular flexibility index (Phi) is 5.67. The van der Waals surface area contributed by atoms with Gasteiger partial charge in [-0.05, 0) is 43.9 Å². The van der Waals surface area contributed by atoms with Gasteiger partial charge in [0.15, 0.2) is 0 Å². The number of nitrogens with one attached hydrogen (secondary N) is 1. The van der Waals surface area contributed by atoms with Crippen LogP contribution in [0, 0.1) is 23.7 Å². The number of rotatable bonds is 5. The Hall–Kier alpha value is -1.85. The molecule has 2 rings (SSSR count). The van der Waals surface area contributed by atoms with Gasteiger partial charge < -0.3 is 15.2 Å². The molecule has 0 bridgehead atoms. The first-order chi connectivity index (χ1) is 11.2. The van der Waals surface area contributed by atoms with Gasteiger partial charge in [-0.25, -0.2) is 4.79 Å². The molecule has 6 nitrogen and oxygen atoms in total. The molecule has 0 saturated heterocycles. The number of carboxylic acid groups (broad SMARTS) is 1. The van der Waals surface area contributed by atoms with E-state index in [2.05, 4.69) is 26.1 Å². The van der Waals surface area contributed by atoms with Gasteiger partial charge >= 0.3 is 11.9 Å². The van der Waals surface area contributed by atoms with Crippen LogP contribution in [0.15, 0.2) is 11.3 Å². The SMILES string of the molecule is CC1=C(C(=O)O[C@H]2C[C@H](C(C)C)CC[C@@H]2C)[C@@H](CC(=O)O)C(=O)N1. The van der Waals surface area contributed by atoms with Crippen molar-refractivity contribution in [3.05, 3.63) is 11.3 Å². The van der Waals surface area contributed by atoms with Crippen molar-refractivity contribution in [2.75, 3.05) is 0 Å². The maximum Gasteiger partial charge on any atom is 0.336 e. The van der Waals surface area contributed by atoms with Crippen LogP contribution < -0.4 is 5.32 Å². The van der Waals surface area contributed by atoms with Gasteiger partial charge in [-0.2, -0.15) is 0 Å². The van der Waals surface area contributed by atoms with Crippen LogP contribution in [-0.4, -0.2) is 29.1 Å². The van der Waals surface area contributed by atoms with Crippen LogP contribution in [0.3, 0.4) is 0 Å². The van der Waals surface area contributed by atoms with E-state index >= 15 is 0 Å². The summed E-state index contributed by atoms with van der Waals surface area (Å²) in [4.78, 5) is 35.5. The predicted molar refractivity (Wildman–Crippen MR) is 87.8 cm³/mol. The number of hydrogen-bond donors (Lipinski definition) is 2. The fourth-order valence-electron chi connectivity index (χ4n) is 3.68. The highest BCUT2D eigenvalue weighted by molar-refractivity contribution is 6.03. The van der Waals surface area contributed by atoms with E-state index in [-0.39, 0.29) is 17.6 Å². The van der Waals surface area contributed by atoms with Crippen LogP contribution in [0.25, 0.3) is 0 Å². The van der Waals surface area contributed by atoms with Crippen molar-refractivity contribution in [3.8, 4) is 0 Å². The molecule has 0 aromatic rings. The van der Waals surface area contributed by atoms with Crippen LogP contribution in [0.2, 0.25) is 0 Å². The van der Waals surface area contributed by atoms with Crippen molar-refractivity contribution in [3.63, 3.8) is 0 Å². The smallest absolute Gasteiger partial charge is 0.336 e. The molecule has 1 aliphatic heterocycles. The maximum atomic E-state index is 12.6. The number of amides is 1. The van der Waals surface area contributed by atoms with E-state index < -0.39 is 30.2 Å². The quantitative estimate of drug-likeness (QED) is 0.752. The molecule has 1 fully saturated rings. The van der Waals surface area contributed by atoms with Gasteiger partial charge in [0, 0.05) is 5.70 Å². The Morgan fingerprint density at radius 2 is 2.00 bits per heavy atom. The average Bonchev–Trinajstić information content (AvgIpc) is 2.74. The Morgan fingerprint density at radius 1 is 1.33 bits per heavy atom. The Balaban J connectivity index is 2.11. The summed E-state index contributed by atoms with van der Waals surface area (Å²) in [5.41, 5.74) is 0.571. The van der Waals surface area contributed by atoms with Gasteiger partial charge in [-0.15, -0.1) is 0 Å². The van der Waals surface area contributed by atoms with Crippen LogP contribution in [0.5, 0.6) is 0 Å². The number of allylic oxidation sites excluding steroid dienone is 1. The van der Waals surface area contributed by atoms with Crippen molar-refractivity contribution in [1.82, 2.24) is 5.32 Å². The molecule has 0 aromatic heterocycles. The highest BCUT2D eigenvalue weighted by Gasteiger charge is 2.40. The lowest BCUT2D eigenvalue weighted by Crippen LogP contribution is -2.35. The molecule has 6 heteroatoms. The number of aliphatic carboxylic acids is 1. The Bertz CT molecular complexity index is 566. The summed E-state index contributed by atoms with van der Waals surface area (Å²) in [6.45, 7) is 8.03. The third-order valence-electron chi connectivity index (χ3n) is 5.34. The van der Waals surface area contributed by atoms with Crippen molar-refractivity contribution < 1.29 is 24.2 Å². The summed E-state index contributed by atoms with van der Waals surface area (Å²) in [5, 5.41) is 11.5. The van der Waals surface area contributed by atoms with Gasteiger partial charge in [0.2, 0.25) is 5.91 Å². The molecule has 2 aliphatic rings. The predicted octanol–water partition coefficient (Wildman–Crippen LogP) is 2.49. The fraction of sp³-hybridized carbons (Fsp3) is 0.722. The summed E-state index contributed by atoms with van der Waals surface area (Å²) in [5.74, 6) is -1.75. The number of carbonyl (C=O) groups excluding carboxylic acids is 2. The van der Waals surface area contributed by atoms with E-state index in [0.29, 0.717) is 17.5 Å². The topological polar surface area (TPSA) is 92.7 Å². The van der Waals surface area contributed by atoms with Crippen LogP contribution >= 0.6 is 0 Å². The van der Waals surface area contributed by atoms with Crippen molar-refractivity contribution in [2.24, 2.45) is 23.7 Å². The van der Waals surface area contributed by atoms with Crippen molar-refractivity contribution in [2.45, 2.75) is 59.5 Å². The zero-order valence-electron chi connectivity index (χ0n) is 14.8. The molecule has 4 atom stereocenters. The summed E-state index contributed by atoms with van der Waals surface area (Å²) in [7, 11) is 0. The zero-order chi connectivity index (χ0) is 18.0. The highest BCUT2D eigenvalue weighted by atomic mass is 16.5. The standard InChI is InChI=1S/C18H27NO5/c1-9(2)12-6-5-10(3)14(7-12)24-18(23)16-11(4)19-17(22)13(16)8-15(20)21/h9-10,12-14H,5-8H2,1-4H3,(H,19,22)(H,20,21)/t10-,12+,13+,14-/m0/s1. The molecule has 24 heavy (non-hydrogen) atoms. The second-order valence-electron chi connectivity index (χ2n) is 7.42.